The summed E-state index contributed by atoms with van der Waals surface area (Å²) in [4.78, 5) is 13.3. The zero-order valence-corrected chi connectivity index (χ0v) is 16.3. The van der Waals surface area contributed by atoms with Crippen LogP contribution in [0, 0.1) is 5.41 Å². The van der Waals surface area contributed by atoms with E-state index in [0.29, 0.717) is 28.6 Å². The lowest BCUT2D eigenvalue weighted by Gasteiger charge is -2.28. The number of allylic oxidation sites excluding steroid dienone is 1. The predicted molar refractivity (Wildman–Crippen MR) is 110 cm³/mol. The zero-order valence-electron chi connectivity index (χ0n) is 14.8. The molecule has 5 heteroatoms. The molecule has 1 aliphatic heterocycles. The van der Waals surface area contributed by atoms with Gasteiger partial charge >= 0.3 is 0 Å². The molecule has 1 atom stereocenters. The smallest absolute Gasteiger partial charge is 0.259 e. The van der Waals surface area contributed by atoms with Gasteiger partial charge in [0.05, 0.1) is 16.8 Å². The number of hydrogen-bond acceptors (Lipinski definition) is 2. The summed E-state index contributed by atoms with van der Waals surface area (Å²) in [6.45, 7) is 8.11. The van der Waals surface area contributed by atoms with Crippen LogP contribution >= 0.6 is 23.2 Å². The van der Waals surface area contributed by atoms with Crippen LogP contribution in [0.4, 0.5) is 5.69 Å². The molecule has 0 spiro atoms. The summed E-state index contributed by atoms with van der Waals surface area (Å²) >= 11 is 12.2. The summed E-state index contributed by atoms with van der Waals surface area (Å²) in [5.74, 6) is -0.0760. The van der Waals surface area contributed by atoms with Gasteiger partial charge in [-0.3, -0.25) is 4.79 Å². The third-order valence-electron chi connectivity index (χ3n) is 4.94. The first-order valence-corrected chi connectivity index (χ1v) is 9.22. The third-order valence-corrected chi connectivity index (χ3v) is 5.37. The highest BCUT2D eigenvalue weighted by atomic mass is 35.5. The van der Waals surface area contributed by atoms with Crippen molar-refractivity contribution in [2.45, 2.75) is 26.7 Å². The molecule has 2 aromatic rings. The molecule has 2 aromatic carbocycles. The fourth-order valence-electron chi connectivity index (χ4n) is 3.36. The van der Waals surface area contributed by atoms with E-state index in [4.69, 9.17) is 23.2 Å². The Morgan fingerprint density at radius 1 is 1.15 bits per heavy atom. The molecule has 134 valence electrons. The highest BCUT2D eigenvalue weighted by molar-refractivity contribution is 6.35. The minimum atomic E-state index is -0.707. The number of halogens is 2. The van der Waals surface area contributed by atoms with Crippen molar-refractivity contribution in [2.24, 2.45) is 10.5 Å². The summed E-state index contributed by atoms with van der Waals surface area (Å²) in [7, 11) is 0. The molecule has 0 saturated heterocycles. The summed E-state index contributed by atoms with van der Waals surface area (Å²) in [6.07, 6.45) is 1.16. The van der Waals surface area contributed by atoms with E-state index in [1.54, 1.807) is 18.2 Å². The Balaban J connectivity index is 1.94. The lowest BCUT2D eigenvalue weighted by Crippen LogP contribution is -2.39. The van der Waals surface area contributed by atoms with Gasteiger partial charge in [0.1, 0.15) is 0 Å². The number of nitrogens with zero attached hydrogens (tertiary/aromatic N) is 2. The summed E-state index contributed by atoms with van der Waals surface area (Å²) in [6, 6.07) is 14.9. The van der Waals surface area contributed by atoms with Crippen molar-refractivity contribution in [3.63, 3.8) is 0 Å². The number of amides is 1. The van der Waals surface area contributed by atoms with E-state index < -0.39 is 5.41 Å². The Hall–Kier alpha value is -2.10. The molecule has 0 N–H and O–H groups in total. The van der Waals surface area contributed by atoms with Gasteiger partial charge in [0.2, 0.25) is 0 Å². The van der Waals surface area contributed by atoms with Gasteiger partial charge in [-0.15, -0.1) is 0 Å². The maximum atomic E-state index is 13.3. The molecular formula is C21H20Cl2N2O. The van der Waals surface area contributed by atoms with Crippen LogP contribution in [-0.4, -0.2) is 11.6 Å². The Kier molecular flexibility index (Phi) is 5.22. The number of rotatable bonds is 5. The van der Waals surface area contributed by atoms with Crippen LogP contribution in [0.1, 0.15) is 32.3 Å². The van der Waals surface area contributed by atoms with Crippen LogP contribution in [-0.2, 0) is 4.79 Å². The number of carbonyl (C=O) groups is 1. The first-order valence-electron chi connectivity index (χ1n) is 8.47. The molecule has 1 heterocycles. The molecule has 1 amide bonds. The van der Waals surface area contributed by atoms with Gasteiger partial charge in [-0.1, -0.05) is 67.0 Å². The van der Waals surface area contributed by atoms with Crippen LogP contribution in [0.3, 0.4) is 0 Å². The van der Waals surface area contributed by atoms with Crippen molar-refractivity contribution >= 4 is 46.1 Å². The second-order valence-electron chi connectivity index (χ2n) is 6.51. The second kappa shape index (κ2) is 7.26. The first kappa shape index (κ1) is 18.7. The molecule has 1 unspecified atom stereocenters. The van der Waals surface area contributed by atoms with E-state index in [-0.39, 0.29) is 5.91 Å². The quantitative estimate of drug-likeness (QED) is 0.600. The van der Waals surface area contributed by atoms with Crippen molar-refractivity contribution < 1.29 is 4.79 Å². The van der Waals surface area contributed by atoms with Crippen LogP contribution < -0.4 is 5.01 Å². The van der Waals surface area contributed by atoms with Gasteiger partial charge in [0.15, 0.2) is 0 Å². The van der Waals surface area contributed by atoms with Crippen molar-refractivity contribution in [1.82, 2.24) is 0 Å². The number of carbonyl (C=O) groups excluding carboxylic acids is 1. The second-order valence-corrected chi connectivity index (χ2v) is 7.38. The lowest BCUT2D eigenvalue weighted by atomic mass is 9.74. The average Bonchev–Trinajstić information content (AvgIpc) is 2.86. The predicted octanol–water partition coefficient (Wildman–Crippen LogP) is 6.22. The van der Waals surface area contributed by atoms with Crippen molar-refractivity contribution in [3.8, 4) is 0 Å². The lowest BCUT2D eigenvalue weighted by molar-refractivity contribution is -0.123. The number of anilines is 1. The minimum absolute atomic E-state index is 0.0760. The first-order chi connectivity index (χ1) is 12.4. The van der Waals surface area contributed by atoms with Gasteiger partial charge in [-0.25, -0.2) is 0 Å². The Bertz CT molecular complexity index is 872. The molecule has 1 aliphatic rings. The SMILES string of the molecule is C=C(CC1(CC)C(=O)N(c2cc(Cl)cc(Cl)c2)N=C1C)c1ccccc1. The topological polar surface area (TPSA) is 32.7 Å². The molecular weight excluding hydrogens is 367 g/mol. The van der Waals surface area contributed by atoms with Crippen LogP contribution in [0.25, 0.3) is 5.57 Å². The Morgan fingerprint density at radius 2 is 1.77 bits per heavy atom. The Morgan fingerprint density at radius 3 is 2.35 bits per heavy atom. The third kappa shape index (κ3) is 3.29. The van der Waals surface area contributed by atoms with Crippen molar-refractivity contribution in [2.75, 3.05) is 5.01 Å². The number of hydrazone groups is 1. The van der Waals surface area contributed by atoms with Gasteiger partial charge in [0, 0.05) is 10.0 Å². The van der Waals surface area contributed by atoms with Gasteiger partial charge in [0.25, 0.3) is 5.91 Å². The van der Waals surface area contributed by atoms with E-state index in [9.17, 15) is 4.79 Å². The van der Waals surface area contributed by atoms with Crippen LogP contribution in [0.15, 0.2) is 60.2 Å². The van der Waals surface area contributed by atoms with Crippen molar-refractivity contribution in [1.29, 1.82) is 0 Å². The molecule has 0 bridgehead atoms. The van der Waals surface area contributed by atoms with Gasteiger partial charge < -0.3 is 0 Å². The van der Waals surface area contributed by atoms with E-state index in [1.807, 2.05) is 44.2 Å². The molecule has 0 fully saturated rings. The monoisotopic (exact) mass is 386 g/mol. The molecule has 3 nitrogen and oxygen atoms in total. The van der Waals surface area contributed by atoms with Crippen LogP contribution in [0.5, 0.6) is 0 Å². The molecule has 0 aromatic heterocycles. The maximum Gasteiger partial charge on any atom is 0.259 e. The molecule has 0 saturated carbocycles. The zero-order chi connectivity index (χ0) is 18.9. The average molecular weight is 387 g/mol. The van der Waals surface area contributed by atoms with E-state index in [0.717, 1.165) is 16.8 Å². The van der Waals surface area contributed by atoms with Gasteiger partial charge in [-0.05, 0) is 49.1 Å². The molecule has 0 radical (unpaired) electrons. The van der Waals surface area contributed by atoms with Gasteiger partial charge in [-0.2, -0.15) is 10.1 Å². The standard InChI is InChI=1S/C21H20Cl2N2O/c1-4-21(13-14(2)16-8-6-5-7-9-16)15(3)24-25(20(21)26)19-11-17(22)10-18(23)12-19/h5-12H,2,4,13H2,1,3H3. The normalized spacial score (nSPS) is 19.6. The highest BCUT2D eigenvalue weighted by Crippen LogP contribution is 2.42. The molecule has 3 rings (SSSR count). The Labute approximate surface area is 163 Å². The van der Waals surface area contributed by atoms with E-state index >= 15 is 0 Å². The maximum absolute atomic E-state index is 13.3. The molecule has 0 aliphatic carbocycles. The number of hydrogen-bond donors (Lipinski definition) is 0. The minimum Gasteiger partial charge on any atom is -0.271 e. The fraction of sp³-hybridized carbons (Fsp3) is 0.238. The van der Waals surface area contributed by atoms with E-state index in [2.05, 4.69) is 11.7 Å². The van der Waals surface area contributed by atoms with Crippen LogP contribution in [0.2, 0.25) is 10.0 Å². The molecule has 26 heavy (non-hydrogen) atoms. The summed E-state index contributed by atoms with van der Waals surface area (Å²) in [5.41, 5.74) is 2.60. The van der Waals surface area contributed by atoms with E-state index in [1.165, 1.54) is 5.01 Å². The largest absolute Gasteiger partial charge is 0.271 e. The number of benzene rings is 2. The highest BCUT2D eigenvalue weighted by Gasteiger charge is 2.48. The van der Waals surface area contributed by atoms with Crippen molar-refractivity contribution in [3.05, 3.63) is 70.7 Å². The fourth-order valence-corrected chi connectivity index (χ4v) is 3.88. The summed E-state index contributed by atoms with van der Waals surface area (Å²) in [5, 5.41) is 6.88. The summed E-state index contributed by atoms with van der Waals surface area (Å²) < 4.78 is 0.